The Kier molecular flexibility index (Phi) is 4.53. The second-order valence-corrected chi connectivity index (χ2v) is 7.19. The van der Waals surface area contributed by atoms with Gasteiger partial charge in [0.05, 0.1) is 17.4 Å². The van der Waals surface area contributed by atoms with Crippen LogP contribution in [0.15, 0.2) is 54.9 Å². The fourth-order valence-electron chi connectivity index (χ4n) is 4.11. The summed E-state index contributed by atoms with van der Waals surface area (Å²) >= 11 is 0. The third-order valence-corrected chi connectivity index (χ3v) is 5.68. The van der Waals surface area contributed by atoms with E-state index in [1.54, 1.807) is 6.20 Å². The number of benzene rings is 1. The van der Waals surface area contributed by atoms with Crippen LogP contribution < -0.4 is 10.2 Å². The molecule has 4 rings (SSSR count). The maximum Gasteiger partial charge on any atom is 0.230 e. The molecule has 0 radical (unpaired) electrons. The maximum atomic E-state index is 13.5. The molecule has 2 aromatic rings. The summed E-state index contributed by atoms with van der Waals surface area (Å²) in [5.41, 5.74) is 1.78. The molecular formula is C21H25N3O. The molecule has 25 heavy (non-hydrogen) atoms. The normalized spacial score (nSPS) is 23.7. The molecule has 1 saturated heterocycles. The fourth-order valence-corrected chi connectivity index (χ4v) is 4.11. The second-order valence-electron chi connectivity index (χ2n) is 7.19. The summed E-state index contributed by atoms with van der Waals surface area (Å²) in [5, 5.41) is 3.54. The molecule has 1 aromatic carbocycles. The Hall–Kier alpha value is -2.20. The molecule has 0 spiro atoms. The van der Waals surface area contributed by atoms with E-state index >= 15 is 0 Å². The molecular weight excluding hydrogens is 310 g/mol. The van der Waals surface area contributed by atoms with Crippen molar-refractivity contribution >= 4 is 11.6 Å². The van der Waals surface area contributed by atoms with Crippen molar-refractivity contribution in [3.63, 3.8) is 0 Å². The largest absolute Gasteiger partial charge is 0.314 e. The summed E-state index contributed by atoms with van der Waals surface area (Å²) in [6, 6.07) is 14.4. The van der Waals surface area contributed by atoms with Crippen LogP contribution in [0.4, 0.5) is 5.69 Å². The molecule has 0 bridgehead atoms. The van der Waals surface area contributed by atoms with Crippen LogP contribution in [0.3, 0.4) is 0 Å². The first kappa shape index (κ1) is 16.3. The first-order valence-electron chi connectivity index (χ1n) is 9.32. The van der Waals surface area contributed by atoms with Crippen molar-refractivity contribution in [3.05, 3.63) is 60.4 Å². The monoisotopic (exact) mass is 335 g/mol. The highest BCUT2D eigenvalue weighted by atomic mass is 16.2. The molecule has 2 aliphatic rings. The Morgan fingerprint density at radius 2 is 1.96 bits per heavy atom. The molecule has 130 valence electrons. The minimum atomic E-state index is -0.338. The van der Waals surface area contributed by atoms with Crippen LogP contribution in [0.1, 0.15) is 37.7 Å². The van der Waals surface area contributed by atoms with E-state index in [0.717, 1.165) is 50.9 Å². The molecule has 1 amide bonds. The zero-order chi connectivity index (χ0) is 17.1. The quantitative estimate of drug-likeness (QED) is 0.930. The summed E-state index contributed by atoms with van der Waals surface area (Å²) in [6.07, 6.45) is 8.80. The number of hydrogen-bond donors (Lipinski definition) is 1. The summed E-state index contributed by atoms with van der Waals surface area (Å²) < 4.78 is 0. The molecule has 0 unspecified atom stereocenters. The molecule has 1 aliphatic carbocycles. The summed E-state index contributed by atoms with van der Waals surface area (Å²) in [5.74, 6) is 0.412. The third kappa shape index (κ3) is 2.95. The highest BCUT2D eigenvalue weighted by molar-refractivity contribution is 5.97. The van der Waals surface area contributed by atoms with Gasteiger partial charge < -0.3 is 5.32 Å². The van der Waals surface area contributed by atoms with E-state index < -0.39 is 0 Å². The van der Waals surface area contributed by atoms with Gasteiger partial charge in [-0.1, -0.05) is 36.8 Å². The molecule has 4 heteroatoms. The molecule has 1 aliphatic heterocycles. The molecule has 1 saturated carbocycles. The molecule has 1 atom stereocenters. The van der Waals surface area contributed by atoms with Gasteiger partial charge in [0.2, 0.25) is 5.91 Å². The third-order valence-electron chi connectivity index (χ3n) is 5.68. The van der Waals surface area contributed by atoms with Crippen molar-refractivity contribution in [2.24, 2.45) is 5.92 Å². The average molecular weight is 335 g/mol. The van der Waals surface area contributed by atoms with E-state index in [1.807, 2.05) is 24.4 Å². The zero-order valence-corrected chi connectivity index (χ0v) is 14.5. The first-order chi connectivity index (χ1) is 12.3. The predicted octanol–water partition coefficient (Wildman–Crippen LogP) is 3.49. The Bertz CT molecular complexity index is 706. The number of carbonyl (C=O) groups excluding carboxylic acids is 1. The standard InChI is InChI=1S/C21H25N3O/c25-20(17-7-4-8-17)24(19-11-5-13-22-15-19)21(12-6-14-23-16-21)18-9-2-1-3-10-18/h1-3,5,9-11,13,15,17,23H,4,6-8,12,14,16H2/t21-/m1/s1. The smallest absolute Gasteiger partial charge is 0.230 e. The molecule has 1 aromatic heterocycles. The van der Waals surface area contributed by atoms with E-state index in [1.165, 1.54) is 5.56 Å². The van der Waals surface area contributed by atoms with Gasteiger partial charge in [-0.05, 0) is 49.9 Å². The lowest BCUT2D eigenvalue weighted by Gasteiger charge is -2.48. The van der Waals surface area contributed by atoms with Crippen molar-refractivity contribution in [3.8, 4) is 0 Å². The number of anilines is 1. The van der Waals surface area contributed by atoms with Gasteiger partial charge in [0.15, 0.2) is 0 Å². The van der Waals surface area contributed by atoms with Crippen LogP contribution in [0, 0.1) is 5.92 Å². The highest BCUT2D eigenvalue weighted by Crippen LogP contribution is 2.41. The number of aromatic nitrogens is 1. The van der Waals surface area contributed by atoms with Crippen molar-refractivity contribution < 1.29 is 4.79 Å². The van der Waals surface area contributed by atoms with Crippen molar-refractivity contribution in [1.29, 1.82) is 0 Å². The molecule has 2 fully saturated rings. The van der Waals surface area contributed by atoms with Crippen LogP contribution in [-0.4, -0.2) is 24.0 Å². The number of nitrogens with one attached hydrogen (secondary N) is 1. The number of pyridine rings is 1. The van der Waals surface area contributed by atoms with E-state index in [9.17, 15) is 4.79 Å². The summed E-state index contributed by atoms with van der Waals surface area (Å²) in [4.78, 5) is 19.8. The molecule has 2 heterocycles. The van der Waals surface area contributed by atoms with Crippen LogP contribution >= 0.6 is 0 Å². The second kappa shape index (κ2) is 6.96. The van der Waals surface area contributed by atoms with E-state index in [-0.39, 0.29) is 17.4 Å². The Balaban J connectivity index is 1.83. The number of nitrogens with zero attached hydrogens (tertiary/aromatic N) is 2. The Labute approximate surface area is 149 Å². The van der Waals surface area contributed by atoms with Gasteiger partial charge in [-0.3, -0.25) is 14.7 Å². The SMILES string of the molecule is O=C(C1CCC1)N(c1cccnc1)[C@]1(c2ccccc2)CCCNC1. The molecule has 1 N–H and O–H groups in total. The van der Waals surface area contributed by atoms with Gasteiger partial charge in [0, 0.05) is 18.7 Å². The lowest BCUT2D eigenvalue weighted by molar-refractivity contribution is -0.126. The number of amides is 1. The van der Waals surface area contributed by atoms with Crippen molar-refractivity contribution in [2.45, 2.75) is 37.6 Å². The van der Waals surface area contributed by atoms with Crippen LogP contribution in [0.25, 0.3) is 0 Å². The lowest BCUT2D eigenvalue weighted by atomic mass is 9.77. The van der Waals surface area contributed by atoms with Gasteiger partial charge >= 0.3 is 0 Å². The number of piperidine rings is 1. The van der Waals surface area contributed by atoms with E-state index in [2.05, 4.69) is 39.5 Å². The van der Waals surface area contributed by atoms with E-state index in [4.69, 9.17) is 0 Å². The van der Waals surface area contributed by atoms with Gasteiger partial charge in [-0.2, -0.15) is 0 Å². The number of rotatable bonds is 4. The van der Waals surface area contributed by atoms with Crippen molar-refractivity contribution in [1.82, 2.24) is 10.3 Å². The van der Waals surface area contributed by atoms with E-state index in [0.29, 0.717) is 0 Å². The summed E-state index contributed by atoms with van der Waals surface area (Å²) in [6.45, 7) is 1.79. The van der Waals surface area contributed by atoms with Gasteiger partial charge in [-0.15, -0.1) is 0 Å². The highest BCUT2D eigenvalue weighted by Gasteiger charge is 2.45. The van der Waals surface area contributed by atoms with Gasteiger partial charge in [0.25, 0.3) is 0 Å². The first-order valence-corrected chi connectivity index (χ1v) is 9.32. The van der Waals surface area contributed by atoms with Crippen LogP contribution in [-0.2, 0) is 10.3 Å². The zero-order valence-electron chi connectivity index (χ0n) is 14.5. The maximum absolute atomic E-state index is 13.5. The average Bonchev–Trinajstić information content (AvgIpc) is 2.63. The predicted molar refractivity (Wildman–Crippen MR) is 99.3 cm³/mol. The Morgan fingerprint density at radius 1 is 1.12 bits per heavy atom. The lowest BCUT2D eigenvalue weighted by Crippen LogP contribution is -2.59. The number of carbonyl (C=O) groups is 1. The summed E-state index contributed by atoms with van der Waals surface area (Å²) in [7, 11) is 0. The Morgan fingerprint density at radius 3 is 2.56 bits per heavy atom. The minimum Gasteiger partial charge on any atom is -0.314 e. The topological polar surface area (TPSA) is 45.2 Å². The van der Waals surface area contributed by atoms with Crippen LogP contribution in [0.5, 0.6) is 0 Å². The van der Waals surface area contributed by atoms with Crippen molar-refractivity contribution in [2.75, 3.05) is 18.0 Å². The van der Waals surface area contributed by atoms with Gasteiger partial charge in [0.1, 0.15) is 0 Å². The van der Waals surface area contributed by atoms with Crippen LogP contribution in [0.2, 0.25) is 0 Å². The van der Waals surface area contributed by atoms with Gasteiger partial charge in [-0.25, -0.2) is 0 Å². The molecule has 4 nitrogen and oxygen atoms in total. The number of hydrogen-bond acceptors (Lipinski definition) is 3. The fraction of sp³-hybridized carbons (Fsp3) is 0.429. The minimum absolute atomic E-state index is 0.155.